The van der Waals surface area contributed by atoms with Crippen LogP contribution in [-0.4, -0.2) is 155 Å². The molecule has 0 bridgehead atoms. The number of carbonyl (C=O) groups excluding carboxylic acids is 4. The van der Waals surface area contributed by atoms with Crippen molar-refractivity contribution in [3.05, 3.63) is 82.5 Å². The van der Waals surface area contributed by atoms with Gasteiger partial charge in [-0.25, -0.2) is 18.6 Å². The van der Waals surface area contributed by atoms with Gasteiger partial charge >= 0.3 is 12.1 Å². The first-order chi connectivity index (χ1) is 39.4. The number of anilines is 2. The number of halogens is 2. The van der Waals surface area contributed by atoms with Gasteiger partial charge in [-0.1, -0.05) is 30.2 Å². The van der Waals surface area contributed by atoms with Crippen molar-refractivity contribution in [1.29, 1.82) is 0 Å². The SMILES string of the molecule is C#Cc1c(F)ccc2cccc(-c3nc4c5c(nc(OC[C@@]67CCCN6[C@H](COC(=O)N6CCC(OC8CC9(CCN(c%10ccc%11c(c%10)CN(C%10CCC(=O)NC%10=O)C%11=O)CC9)C8)CC6)CC7)nc5c3F)N3CCCOC[C@@H]3CC4)c12. The molecule has 6 saturated heterocycles. The number of nitrogens with one attached hydrogen (secondary N) is 1. The Balaban J connectivity index is 0.578. The number of fused-ring (bicyclic) bond motifs is 5. The summed E-state index contributed by atoms with van der Waals surface area (Å²) in [5.74, 6) is 1.03. The Morgan fingerprint density at radius 2 is 1.69 bits per heavy atom. The Morgan fingerprint density at radius 3 is 2.52 bits per heavy atom. The summed E-state index contributed by atoms with van der Waals surface area (Å²) in [7, 11) is 0. The lowest BCUT2D eigenvalue weighted by Gasteiger charge is -2.53. The Kier molecular flexibility index (Phi) is 13.3. The van der Waals surface area contributed by atoms with Crippen LogP contribution in [0.1, 0.15) is 117 Å². The van der Waals surface area contributed by atoms with Gasteiger partial charge in [-0.05, 0) is 137 Å². The van der Waals surface area contributed by atoms with E-state index in [1.165, 1.54) is 6.07 Å². The van der Waals surface area contributed by atoms with Gasteiger partial charge in [-0.2, -0.15) is 9.97 Å². The number of nitrogens with zero attached hydrogens (tertiary/aromatic N) is 8. The second-order valence-electron chi connectivity index (χ2n) is 24.2. The predicted octanol–water partition coefficient (Wildman–Crippen LogP) is 7.85. The second kappa shape index (κ2) is 20.8. The highest BCUT2D eigenvalue weighted by atomic mass is 19.1. The molecule has 5 aromatic rings. The van der Waals surface area contributed by atoms with E-state index in [2.05, 4.69) is 32.0 Å². The molecule has 81 heavy (non-hydrogen) atoms. The summed E-state index contributed by atoms with van der Waals surface area (Å²) >= 11 is 0. The number of ether oxygens (including phenoxy) is 4. The number of aryl methyl sites for hydroxylation is 1. The van der Waals surface area contributed by atoms with Crippen molar-refractivity contribution in [3.8, 4) is 29.6 Å². The molecule has 10 heterocycles. The van der Waals surface area contributed by atoms with E-state index >= 15 is 8.78 Å². The van der Waals surface area contributed by atoms with E-state index in [1.807, 2.05) is 23.1 Å². The standard InChI is InChI=1S/C62H67F2N9O8/c1-2-44-47(63)12-8-37-6-3-7-46(51(37)44)54-53(64)55-52-48(65-54)13-10-40-34-78-29-5-23-71(40)56(52)68-59(67-55)80-36-62-19-4-24-73(62)41(16-20-62)35-79-60(77)70-25-17-42(18-26-70)81-43-31-61(32-43)21-27-69(28-22-61)39-9-11-45-38(30-39)33-72(58(45)76)49-14-15-50(74)66-57(49)75/h1,3,6-9,11-12,30,40-43,49H,4-5,10,13-29,31-36H2,(H,66,74,75)/t40-,41-,49?,62-/m0/s1. The molecule has 0 radical (unpaired) electrons. The first-order valence-electron chi connectivity index (χ1n) is 29.4. The molecule has 9 aliphatic rings. The molecule has 8 aliphatic heterocycles. The van der Waals surface area contributed by atoms with E-state index in [4.69, 9.17) is 40.3 Å². The molecule has 422 valence electrons. The summed E-state index contributed by atoms with van der Waals surface area (Å²) in [6.45, 7) is 6.63. The number of benzene rings is 3. The molecule has 4 amide bonds. The number of piperidine rings is 3. The average molecular weight is 1100 g/mol. The van der Waals surface area contributed by atoms with Crippen LogP contribution in [0.2, 0.25) is 0 Å². The average Bonchev–Trinajstić information content (AvgIpc) is 4.28. The number of aromatic nitrogens is 3. The third kappa shape index (κ3) is 9.29. The molecular formula is C62H67F2N9O8. The van der Waals surface area contributed by atoms with Crippen molar-refractivity contribution >= 4 is 57.0 Å². The molecule has 1 saturated carbocycles. The van der Waals surface area contributed by atoms with Crippen LogP contribution in [0.5, 0.6) is 6.01 Å². The zero-order valence-corrected chi connectivity index (χ0v) is 45.6. The lowest BCUT2D eigenvalue weighted by molar-refractivity contribution is -0.137. The van der Waals surface area contributed by atoms with Crippen LogP contribution in [0.25, 0.3) is 32.9 Å². The van der Waals surface area contributed by atoms with Crippen molar-refractivity contribution in [2.45, 2.75) is 139 Å². The number of hydrogen-bond donors (Lipinski definition) is 1. The Morgan fingerprint density at radius 1 is 0.840 bits per heavy atom. The van der Waals surface area contributed by atoms with Gasteiger partial charge in [0.2, 0.25) is 11.8 Å². The predicted molar refractivity (Wildman–Crippen MR) is 297 cm³/mol. The van der Waals surface area contributed by atoms with Crippen molar-refractivity contribution in [3.63, 3.8) is 0 Å². The summed E-state index contributed by atoms with van der Waals surface area (Å²) in [5, 5.41) is 4.03. The van der Waals surface area contributed by atoms with Crippen LogP contribution in [-0.2, 0) is 36.8 Å². The third-order valence-corrected chi connectivity index (χ3v) is 19.6. The highest BCUT2D eigenvalue weighted by Crippen LogP contribution is 2.52. The van der Waals surface area contributed by atoms with E-state index < -0.39 is 23.6 Å². The number of hydrogen-bond acceptors (Lipinski definition) is 14. The van der Waals surface area contributed by atoms with Crippen molar-refractivity contribution in [2.75, 3.05) is 75.5 Å². The van der Waals surface area contributed by atoms with Crippen LogP contribution >= 0.6 is 0 Å². The maximum Gasteiger partial charge on any atom is 0.409 e. The minimum absolute atomic E-state index is 0.00971. The maximum absolute atomic E-state index is 17.5. The van der Waals surface area contributed by atoms with Gasteiger partial charge in [0.1, 0.15) is 42.1 Å². The van der Waals surface area contributed by atoms with Gasteiger partial charge in [-0.3, -0.25) is 24.6 Å². The number of pyridine rings is 1. The van der Waals surface area contributed by atoms with E-state index in [-0.39, 0.29) is 89.0 Å². The molecule has 4 atom stereocenters. The molecule has 7 fully saturated rings. The van der Waals surface area contributed by atoms with Crippen LogP contribution < -0.4 is 19.9 Å². The zero-order chi connectivity index (χ0) is 55.1. The van der Waals surface area contributed by atoms with Gasteiger partial charge < -0.3 is 38.5 Å². The van der Waals surface area contributed by atoms with Crippen LogP contribution in [0.15, 0.2) is 48.5 Å². The third-order valence-electron chi connectivity index (χ3n) is 19.6. The zero-order valence-electron chi connectivity index (χ0n) is 45.6. The van der Waals surface area contributed by atoms with E-state index in [9.17, 15) is 19.2 Å². The topological polar surface area (TPSA) is 172 Å². The number of likely N-dealkylation sites (tertiary alicyclic amines) is 1. The molecular weight excluding hydrogens is 1040 g/mol. The van der Waals surface area contributed by atoms with Crippen LogP contribution in [0.4, 0.5) is 25.1 Å². The minimum Gasteiger partial charge on any atom is -0.461 e. The van der Waals surface area contributed by atoms with Crippen molar-refractivity contribution in [2.24, 2.45) is 5.41 Å². The number of terminal acetylenes is 1. The number of imide groups is 1. The molecule has 3 aromatic carbocycles. The Labute approximate surface area is 469 Å². The van der Waals surface area contributed by atoms with Crippen molar-refractivity contribution in [1.82, 2.24) is 35.0 Å². The molecule has 14 rings (SSSR count). The minimum atomic E-state index is -0.647. The Bertz CT molecular complexity index is 3420. The first kappa shape index (κ1) is 52.1. The molecule has 1 spiro atoms. The summed E-state index contributed by atoms with van der Waals surface area (Å²) in [4.78, 5) is 76.5. The number of carbonyl (C=O) groups is 4. The molecule has 1 N–H and O–H groups in total. The monoisotopic (exact) mass is 1100 g/mol. The summed E-state index contributed by atoms with van der Waals surface area (Å²) in [6, 6.07) is 13.8. The van der Waals surface area contributed by atoms with Crippen molar-refractivity contribution < 1.29 is 46.9 Å². The molecule has 17 nitrogen and oxygen atoms in total. The molecule has 19 heteroatoms. The lowest BCUT2D eigenvalue weighted by atomic mass is 9.61. The van der Waals surface area contributed by atoms with Gasteiger partial charge in [-0.15, -0.1) is 6.42 Å². The van der Waals surface area contributed by atoms with Gasteiger partial charge in [0.25, 0.3) is 5.91 Å². The van der Waals surface area contributed by atoms with Gasteiger partial charge in [0.05, 0.1) is 47.0 Å². The summed E-state index contributed by atoms with van der Waals surface area (Å²) in [6.07, 6.45) is 17.9. The maximum atomic E-state index is 17.5. The fraction of sp³-hybridized carbons (Fsp3) is 0.532. The largest absolute Gasteiger partial charge is 0.461 e. The van der Waals surface area contributed by atoms with Crippen LogP contribution in [0.3, 0.4) is 0 Å². The van der Waals surface area contributed by atoms with Crippen LogP contribution in [0, 0.1) is 29.4 Å². The fourth-order valence-electron chi connectivity index (χ4n) is 15.3. The smallest absolute Gasteiger partial charge is 0.409 e. The first-order valence-corrected chi connectivity index (χ1v) is 29.4. The summed E-state index contributed by atoms with van der Waals surface area (Å²) < 4.78 is 58.1. The number of amides is 4. The van der Waals surface area contributed by atoms with E-state index in [1.54, 1.807) is 23.1 Å². The summed E-state index contributed by atoms with van der Waals surface area (Å²) in [5.41, 5.74) is 3.87. The second-order valence-corrected chi connectivity index (χ2v) is 24.2. The quantitative estimate of drug-likeness (QED) is 0.106. The van der Waals surface area contributed by atoms with Gasteiger partial charge in [0, 0.05) is 80.5 Å². The fourth-order valence-corrected chi connectivity index (χ4v) is 15.3. The molecule has 1 aliphatic carbocycles. The molecule has 2 aromatic heterocycles. The highest BCUT2D eigenvalue weighted by Gasteiger charge is 2.51. The van der Waals surface area contributed by atoms with E-state index in [0.717, 1.165) is 102 Å². The molecule has 1 unspecified atom stereocenters. The lowest BCUT2D eigenvalue weighted by Crippen LogP contribution is -2.52. The Hall–Kier alpha value is -7.01. The van der Waals surface area contributed by atoms with E-state index in [0.29, 0.717) is 104 Å². The normalized spacial score (nSPS) is 25.8. The number of rotatable bonds is 10. The highest BCUT2D eigenvalue weighted by molar-refractivity contribution is 6.06. The van der Waals surface area contributed by atoms with Gasteiger partial charge in [0.15, 0.2) is 5.82 Å².